The van der Waals surface area contributed by atoms with Crippen LogP contribution in [0.5, 0.6) is 0 Å². The summed E-state index contributed by atoms with van der Waals surface area (Å²) in [6, 6.07) is 0. The maximum absolute atomic E-state index is 3.25. The number of rotatable bonds is 0. The third-order valence-electron chi connectivity index (χ3n) is 0. The minimum absolute atomic E-state index is 0. The molecule has 0 aromatic heterocycles. The Kier molecular flexibility index (Phi) is 66.4. The van der Waals surface area contributed by atoms with E-state index in [2.05, 4.69) is 6.92 Å². The molecule has 0 N–H and O–H groups in total. The Morgan fingerprint density at radius 2 is 1.25 bits per heavy atom. The van der Waals surface area contributed by atoms with Gasteiger partial charge in [-0.25, -0.2) is 0 Å². The SMILES string of the molecule is [CH2-]C.[Rb+].[Y]. The zero-order chi connectivity index (χ0) is 2.00. The van der Waals surface area contributed by atoms with Crippen molar-refractivity contribution in [1.29, 1.82) is 0 Å². The fourth-order valence-corrected chi connectivity index (χ4v) is 0. The molecule has 0 spiro atoms. The Bertz CT molecular complexity index is 6.00. The van der Waals surface area contributed by atoms with Crippen molar-refractivity contribution in [2.24, 2.45) is 0 Å². The van der Waals surface area contributed by atoms with E-state index in [-0.39, 0.29) is 90.9 Å². The number of hydrogen-bond donors (Lipinski definition) is 0. The van der Waals surface area contributed by atoms with Gasteiger partial charge in [0.25, 0.3) is 0 Å². The quantitative estimate of drug-likeness (QED) is 0.394. The minimum atomic E-state index is 0. The summed E-state index contributed by atoms with van der Waals surface area (Å²) in [5.41, 5.74) is 0. The Hall–Kier alpha value is 2.91. The van der Waals surface area contributed by atoms with Crippen LogP contribution in [0.3, 0.4) is 0 Å². The summed E-state index contributed by atoms with van der Waals surface area (Å²) in [6.45, 7) is 5.00. The van der Waals surface area contributed by atoms with Gasteiger partial charge in [-0.2, -0.15) is 6.92 Å². The summed E-state index contributed by atoms with van der Waals surface area (Å²) in [5.74, 6) is 0. The van der Waals surface area contributed by atoms with Gasteiger partial charge < -0.3 is 6.92 Å². The van der Waals surface area contributed by atoms with Crippen LogP contribution in [0.15, 0.2) is 0 Å². The third kappa shape index (κ3) is 8.86. The van der Waals surface area contributed by atoms with Gasteiger partial charge in [-0.05, 0) is 0 Å². The van der Waals surface area contributed by atoms with Crippen molar-refractivity contribution in [3.63, 3.8) is 0 Å². The van der Waals surface area contributed by atoms with Gasteiger partial charge in [-0.1, -0.05) is 0 Å². The summed E-state index contributed by atoms with van der Waals surface area (Å²) >= 11 is 0. The van der Waals surface area contributed by atoms with Gasteiger partial charge in [0.2, 0.25) is 0 Å². The first kappa shape index (κ1) is 15.8. The van der Waals surface area contributed by atoms with Crippen LogP contribution < -0.4 is 58.2 Å². The fourth-order valence-electron chi connectivity index (χ4n) is 0. The van der Waals surface area contributed by atoms with E-state index in [1.165, 1.54) is 0 Å². The second kappa shape index (κ2) is 16.8. The molecule has 2 heteroatoms. The van der Waals surface area contributed by atoms with E-state index >= 15 is 0 Å². The van der Waals surface area contributed by atoms with Gasteiger partial charge in [0.15, 0.2) is 0 Å². The smallest absolute Gasteiger partial charge is 0.346 e. The summed E-state index contributed by atoms with van der Waals surface area (Å²) in [7, 11) is 0. The van der Waals surface area contributed by atoms with E-state index in [1.54, 1.807) is 6.92 Å². The summed E-state index contributed by atoms with van der Waals surface area (Å²) in [6.07, 6.45) is 0. The molecule has 0 atom stereocenters. The van der Waals surface area contributed by atoms with Crippen molar-refractivity contribution in [1.82, 2.24) is 0 Å². The van der Waals surface area contributed by atoms with Crippen LogP contribution in [-0.4, -0.2) is 0 Å². The molecule has 0 amide bonds. The first-order chi connectivity index (χ1) is 1.00. The fraction of sp³-hybridized carbons (Fsp3) is 0.500. The summed E-state index contributed by atoms with van der Waals surface area (Å²) in [5, 5.41) is 0. The monoisotopic (exact) mass is 203 g/mol. The summed E-state index contributed by atoms with van der Waals surface area (Å²) < 4.78 is 0. The average molecular weight is 203 g/mol. The first-order valence-electron chi connectivity index (χ1n) is 0.707. The number of hydrogen-bond acceptors (Lipinski definition) is 0. The Morgan fingerprint density at radius 3 is 1.25 bits per heavy atom. The van der Waals surface area contributed by atoms with Gasteiger partial charge in [0.05, 0.1) is 0 Å². The van der Waals surface area contributed by atoms with E-state index in [4.69, 9.17) is 0 Å². The van der Waals surface area contributed by atoms with Gasteiger partial charge >= 0.3 is 58.2 Å². The largest absolute Gasteiger partial charge is 1.00 e. The molecule has 0 aliphatic rings. The van der Waals surface area contributed by atoms with Gasteiger partial charge in [0.1, 0.15) is 0 Å². The van der Waals surface area contributed by atoms with Crippen molar-refractivity contribution < 1.29 is 90.9 Å². The molecule has 0 fully saturated rings. The molecule has 0 rings (SSSR count). The molecule has 0 aromatic rings. The average Bonchev–Trinajstić information content (AvgIpc) is 1.00. The normalized spacial score (nSPS) is 1.50. The second-order valence-electron chi connectivity index (χ2n) is 0. The Balaban J connectivity index is -0.00000000500. The zero-order valence-corrected chi connectivity index (χ0v) is 11.0. The molecule has 0 aliphatic heterocycles. The molecule has 0 heterocycles. The van der Waals surface area contributed by atoms with Crippen LogP contribution >= 0.6 is 0 Å². The molecule has 0 aromatic carbocycles. The predicted molar refractivity (Wildman–Crippen MR) is 11.0 cm³/mol. The third-order valence-corrected chi connectivity index (χ3v) is 0. The second-order valence-corrected chi connectivity index (χ2v) is 0. The van der Waals surface area contributed by atoms with Crippen molar-refractivity contribution in [2.45, 2.75) is 6.92 Å². The topological polar surface area (TPSA) is 0 Å². The Morgan fingerprint density at radius 1 is 1.25 bits per heavy atom. The maximum atomic E-state index is 3.25. The van der Waals surface area contributed by atoms with E-state index in [0.717, 1.165) is 0 Å². The maximum Gasteiger partial charge on any atom is 1.00 e. The van der Waals surface area contributed by atoms with Crippen molar-refractivity contribution >= 4 is 0 Å². The minimum Gasteiger partial charge on any atom is -0.346 e. The van der Waals surface area contributed by atoms with Crippen molar-refractivity contribution in [3.05, 3.63) is 6.92 Å². The molecule has 0 saturated carbocycles. The van der Waals surface area contributed by atoms with Crippen molar-refractivity contribution in [3.8, 4) is 0 Å². The van der Waals surface area contributed by atoms with E-state index in [0.29, 0.717) is 0 Å². The standard InChI is InChI=1S/C2H5.Rb.Y/c1-2;;/h1H2,2H3;;/q-1;+1;. The molecule has 17 valence electrons. The molecular formula is C2H5RbY. The zero-order valence-electron chi connectivity index (χ0n) is 3.28. The van der Waals surface area contributed by atoms with Crippen molar-refractivity contribution in [2.75, 3.05) is 0 Å². The molecule has 0 nitrogen and oxygen atoms in total. The van der Waals surface area contributed by atoms with E-state index < -0.39 is 0 Å². The molecular weight excluding hydrogens is 198 g/mol. The first-order valence-corrected chi connectivity index (χ1v) is 0.707. The molecule has 0 aliphatic carbocycles. The molecule has 0 unspecified atom stereocenters. The van der Waals surface area contributed by atoms with Gasteiger partial charge in [-0.15, -0.1) is 0 Å². The van der Waals surface area contributed by atoms with E-state index in [1.807, 2.05) is 0 Å². The molecule has 0 saturated heterocycles. The molecule has 0 bridgehead atoms. The van der Waals surface area contributed by atoms with Crippen LogP contribution in [0.25, 0.3) is 0 Å². The van der Waals surface area contributed by atoms with Crippen LogP contribution in [-0.2, 0) is 32.7 Å². The van der Waals surface area contributed by atoms with Gasteiger partial charge in [0, 0.05) is 32.7 Å². The molecule has 1 radical (unpaired) electrons. The van der Waals surface area contributed by atoms with E-state index in [9.17, 15) is 0 Å². The van der Waals surface area contributed by atoms with Crippen LogP contribution in [0.4, 0.5) is 0 Å². The predicted octanol–water partition coefficient (Wildman–Crippen LogP) is -2.16. The van der Waals surface area contributed by atoms with Crippen LogP contribution in [0.2, 0.25) is 0 Å². The van der Waals surface area contributed by atoms with Gasteiger partial charge in [-0.3, -0.25) is 0 Å². The van der Waals surface area contributed by atoms with Crippen LogP contribution in [0, 0.1) is 6.92 Å². The Labute approximate surface area is 102 Å². The van der Waals surface area contributed by atoms with Crippen LogP contribution in [0.1, 0.15) is 6.92 Å². The summed E-state index contributed by atoms with van der Waals surface area (Å²) in [4.78, 5) is 0. The molecule has 4 heavy (non-hydrogen) atoms.